The van der Waals surface area contributed by atoms with Gasteiger partial charge in [-0.3, -0.25) is 4.79 Å². The maximum atomic E-state index is 12.6. The van der Waals surface area contributed by atoms with Crippen LogP contribution in [0.4, 0.5) is 0 Å². The fourth-order valence-electron chi connectivity index (χ4n) is 2.91. The van der Waals surface area contributed by atoms with Gasteiger partial charge in [-0.25, -0.2) is 4.79 Å². The Hall–Kier alpha value is -2.53. The lowest BCUT2D eigenvalue weighted by atomic mass is 10.0. The topological polar surface area (TPSA) is 64.6 Å². The number of hydrogen-bond acceptors (Lipinski definition) is 4. The van der Waals surface area contributed by atoms with Gasteiger partial charge < -0.3 is 14.8 Å². The first-order valence-corrected chi connectivity index (χ1v) is 8.90. The first-order valence-electron chi connectivity index (χ1n) is 8.53. The molecule has 1 aliphatic heterocycles. The van der Waals surface area contributed by atoms with Crippen LogP contribution in [-0.4, -0.2) is 30.6 Å². The molecule has 26 heavy (non-hydrogen) atoms. The molecule has 0 aliphatic carbocycles. The number of ether oxygens (including phenoxy) is 2. The van der Waals surface area contributed by atoms with Crippen molar-refractivity contribution in [1.82, 2.24) is 5.32 Å². The summed E-state index contributed by atoms with van der Waals surface area (Å²) in [6.45, 7) is 1.99. The third-order valence-electron chi connectivity index (χ3n) is 4.16. The number of benzene rings is 2. The highest BCUT2D eigenvalue weighted by atomic mass is 35.5. The van der Waals surface area contributed by atoms with Crippen molar-refractivity contribution in [3.05, 3.63) is 64.7 Å². The van der Waals surface area contributed by atoms with Crippen molar-refractivity contribution in [2.24, 2.45) is 0 Å². The molecule has 1 N–H and O–H groups in total. The number of hydrogen-bond donors (Lipinski definition) is 1. The Kier molecular flexibility index (Phi) is 5.78. The van der Waals surface area contributed by atoms with Crippen molar-refractivity contribution in [3.8, 4) is 5.75 Å². The molecule has 2 aromatic carbocycles. The highest BCUT2D eigenvalue weighted by Crippen LogP contribution is 2.31. The lowest BCUT2D eigenvalue weighted by molar-refractivity contribution is -0.148. The van der Waals surface area contributed by atoms with Crippen LogP contribution in [0.3, 0.4) is 0 Å². The molecular formula is C20H20ClNO4. The highest BCUT2D eigenvalue weighted by molar-refractivity contribution is 6.30. The number of carbonyl (C=O) groups is 2. The van der Waals surface area contributed by atoms with E-state index in [1.165, 1.54) is 0 Å². The highest BCUT2D eigenvalue weighted by Gasteiger charge is 2.32. The van der Waals surface area contributed by atoms with E-state index in [9.17, 15) is 9.59 Å². The average molecular weight is 374 g/mol. The van der Waals surface area contributed by atoms with E-state index in [-0.39, 0.29) is 12.5 Å². The molecule has 1 amide bonds. The molecule has 1 aliphatic rings. The summed E-state index contributed by atoms with van der Waals surface area (Å²) >= 11 is 5.98. The van der Waals surface area contributed by atoms with Crippen LogP contribution < -0.4 is 10.1 Å². The molecule has 0 saturated carbocycles. The molecule has 6 heteroatoms. The van der Waals surface area contributed by atoms with Crippen LogP contribution in [0.25, 0.3) is 0 Å². The summed E-state index contributed by atoms with van der Waals surface area (Å²) in [5, 5.41) is 3.37. The predicted octanol–water partition coefficient (Wildman–Crippen LogP) is 2.93. The van der Waals surface area contributed by atoms with Crippen molar-refractivity contribution < 1.29 is 19.1 Å². The fourth-order valence-corrected chi connectivity index (χ4v) is 3.11. The smallest absolute Gasteiger partial charge is 0.328 e. The second kappa shape index (κ2) is 8.23. The molecule has 3 rings (SSSR count). The minimum atomic E-state index is -0.763. The van der Waals surface area contributed by atoms with E-state index in [2.05, 4.69) is 5.32 Å². The van der Waals surface area contributed by atoms with Gasteiger partial charge in [-0.2, -0.15) is 0 Å². The maximum Gasteiger partial charge on any atom is 0.328 e. The molecule has 1 heterocycles. The Labute approximate surface area is 157 Å². The van der Waals surface area contributed by atoms with Gasteiger partial charge in [-0.1, -0.05) is 41.9 Å². The van der Waals surface area contributed by atoms with Crippen LogP contribution in [0.2, 0.25) is 5.02 Å². The second-order valence-corrected chi connectivity index (χ2v) is 6.50. The summed E-state index contributed by atoms with van der Waals surface area (Å²) in [5.74, 6) is -0.153. The van der Waals surface area contributed by atoms with Gasteiger partial charge in [-0.15, -0.1) is 0 Å². The lowest BCUT2D eigenvalue weighted by Crippen LogP contribution is -2.48. The summed E-state index contributed by atoms with van der Waals surface area (Å²) in [7, 11) is 0. The zero-order valence-corrected chi connectivity index (χ0v) is 15.2. The Bertz CT molecular complexity index is 794. The molecule has 0 saturated heterocycles. The van der Waals surface area contributed by atoms with Gasteiger partial charge in [0, 0.05) is 17.9 Å². The van der Waals surface area contributed by atoms with Crippen LogP contribution in [0.1, 0.15) is 18.1 Å². The molecule has 2 unspecified atom stereocenters. The summed E-state index contributed by atoms with van der Waals surface area (Å²) in [4.78, 5) is 24.9. The Morgan fingerprint density at radius 2 is 2.04 bits per heavy atom. The summed E-state index contributed by atoms with van der Waals surface area (Å²) in [5.41, 5.74) is 1.82. The van der Waals surface area contributed by atoms with E-state index in [0.29, 0.717) is 23.6 Å². The number of amides is 1. The van der Waals surface area contributed by atoms with Crippen molar-refractivity contribution >= 4 is 23.5 Å². The molecular weight excluding hydrogens is 354 g/mol. The van der Waals surface area contributed by atoms with Gasteiger partial charge in [0.25, 0.3) is 5.91 Å². The van der Waals surface area contributed by atoms with E-state index in [4.69, 9.17) is 21.1 Å². The monoisotopic (exact) mass is 373 g/mol. The zero-order valence-electron chi connectivity index (χ0n) is 14.4. The molecule has 0 radical (unpaired) electrons. The lowest BCUT2D eigenvalue weighted by Gasteiger charge is -2.19. The molecule has 136 valence electrons. The minimum absolute atomic E-state index is 0.254. The van der Waals surface area contributed by atoms with E-state index in [1.54, 1.807) is 25.1 Å². The second-order valence-electron chi connectivity index (χ2n) is 6.07. The van der Waals surface area contributed by atoms with Crippen molar-refractivity contribution in [3.63, 3.8) is 0 Å². The number of carbonyl (C=O) groups excluding carboxylic acids is 2. The number of nitrogens with one attached hydrogen (secondary N) is 1. The van der Waals surface area contributed by atoms with Crippen molar-refractivity contribution in [1.29, 1.82) is 0 Å². The summed E-state index contributed by atoms with van der Waals surface area (Å²) in [6.07, 6.45) is 0.0932. The van der Waals surface area contributed by atoms with Gasteiger partial charge in [0.2, 0.25) is 0 Å². The summed E-state index contributed by atoms with van der Waals surface area (Å²) in [6, 6.07) is 14.0. The molecule has 0 fully saturated rings. The molecule has 0 bridgehead atoms. The Morgan fingerprint density at radius 1 is 1.27 bits per heavy atom. The molecule has 0 spiro atoms. The van der Waals surface area contributed by atoms with E-state index in [0.717, 1.165) is 11.1 Å². The number of esters is 1. The molecule has 2 aromatic rings. The van der Waals surface area contributed by atoms with Crippen molar-refractivity contribution in [2.75, 3.05) is 6.61 Å². The van der Waals surface area contributed by atoms with Gasteiger partial charge in [0.05, 0.1) is 6.61 Å². The first-order chi connectivity index (χ1) is 12.6. The third kappa shape index (κ3) is 4.35. The largest absolute Gasteiger partial charge is 0.480 e. The van der Waals surface area contributed by atoms with Crippen LogP contribution >= 0.6 is 11.6 Å². The number of rotatable bonds is 6. The molecule has 0 aromatic heterocycles. The Balaban J connectivity index is 1.68. The van der Waals surface area contributed by atoms with Crippen LogP contribution in [0.5, 0.6) is 5.75 Å². The fraction of sp³-hybridized carbons (Fsp3) is 0.300. The molecule has 5 nitrogen and oxygen atoms in total. The van der Waals surface area contributed by atoms with E-state index in [1.807, 2.05) is 30.3 Å². The SMILES string of the molecule is CCOC(=O)C(Cc1ccccc1)NC(=O)C1Cc2cc(Cl)ccc2O1. The average Bonchev–Trinajstić information content (AvgIpc) is 3.05. The van der Waals surface area contributed by atoms with Gasteiger partial charge in [-0.05, 0) is 36.2 Å². The van der Waals surface area contributed by atoms with Crippen LogP contribution in [0.15, 0.2) is 48.5 Å². The van der Waals surface area contributed by atoms with Crippen LogP contribution in [-0.2, 0) is 27.2 Å². The third-order valence-corrected chi connectivity index (χ3v) is 4.39. The van der Waals surface area contributed by atoms with Gasteiger partial charge >= 0.3 is 5.97 Å². The quantitative estimate of drug-likeness (QED) is 0.791. The Morgan fingerprint density at radius 3 is 2.77 bits per heavy atom. The van der Waals surface area contributed by atoms with E-state index >= 15 is 0 Å². The number of fused-ring (bicyclic) bond motifs is 1. The number of halogens is 1. The predicted molar refractivity (Wildman–Crippen MR) is 98.3 cm³/mol. The van der Waals surface area contributed by atoms with Crippen molar-refractivity contribution in [2.45, 2.75) is 31.9 Å². The maximum absolute atomic E-state index is 12.6. The summed E-state index contributed by atoms with van der Waals surface area (Å²) < 4.78 is 10.8. The first kappa shape index (κ1) is 18.3. The standard InChI is InChI=1S/C20H20ClNO4/c1-2-25-20(24)16(10-13-6-4-3-5-7-13)22-19(23)18-12-14-11-15(21)8-9-17(14)26-18/h3-9,11,16,18H,2,10,12H2,1H3,(H,22,23). The van der Waals surface area contributed by atoms with E-state index < -0.39 is 18.1 Å². The van der Waals surface area contributed by atoms with Crippen LogP contribution in [0, 0.1) is 0 Å². The van der Waals surface area contributed by atoms with Gasteiger partial charge in [0.1, 0.15) is 11.8 Å². The van der Waals surface area contributed by atoms with Gasteiger partial charge in [0.15, 0.2) is 6.10 Å². The zero-order chi connectivity index (χ0) is 18.5. The molecule has 2 atom stereocenters. The minimum Gasteiger partial charge on any atom is -0.480 e. The normalized spacial score (nSPS) is 16.3.